The summed E-state index contributed by atoms with van der Waals surface area (Å²) in [7, 11) is 0. The molecule has 3 rings (SSSR count). The van der Waals surface area contributed by atoms with Gasteiger partial charge in [0.15, 0.2) is 6.61 Å². The number of rotatable bonds is 7. The average molecular weight is 464 g/mol. The zero-order chi connectivity index (χ0) is 22.4. The van der Waals surface area contributed by atoms with E-state index in [-0.39, 0.29) is 18.4 Å². The molecule has 8 heteroatoms. The van der Waals surface area contributed by atoms with Crippen LogP contribution < -0.4 is 15.0 Å². The molecule has 2 amide bonds. The Morgan fingerprint density at radius 2 is 1.71 bits per heavy atom. The van der Waals surface area contributed by atoms with E-state index in [0.717, 1.165) is 18.8 Å². The zero-order valence-electron chi connectivity index (χ0n) is 17.7. The van der Waals surface area contributed by atoms with Crippen LogP contribution in [0.3, 0.4) is 0 Å². The Labute approximate surface area is 193 Å². The second-order valence-corrected chi connectivity index (χ2v) is 8.77. The molecule has 1 N–H and O–H groups in total. The minimum absolute atomic E-state index is 0.118. The number of ether oxygens (including phenoxy) is 1. The van der Waals surface area contributed by atoms with Gasteiger partial charge in [-0.3, -0.25) is 9.59 Å². The Hall–Kier alpha value is -2.44. The molecule has 0 saturated carbocycles. The molecular formula is C23H27Cl2N3O3. The number of anilines is 2. The molecular weight excluding hydrogens is 437 g/mol. The molecule has 166 valence electrons. The summed E-state index contributed by atoms with van der Waals surface area (Å²) in [5.74, 6) is 0.855. The summed E-state index contributed by atoms with van der Waals surface area (Å²) < 4.78 is 5.45. The monoisotopic (exact) mass is 463 g/mol. The van der Waals surface area contributed by atoms with Crippen LogP contribution in [0.1, 0.15) is 20.3 Å². The zero-order valence-corrected chi connectivity index (χ0v) is 19.2. The molecule has 0 atom stereocenters. The fourth-order valence-corrected chi connectivity index (χ4v) is 3.82. The van der Waals surface area contributed by atoms with Crippen molar-refractivity contribution < 1.29 is 14.3 Å². The lowest BCUT2D eigenvalue weighted by Gasteiger charge is -2.36. The SMILES string of the molecule is CC(C)CC(=O)N1CCN(c2ccc(NC(=O)COc3ccc(Cl)cc3)cc2Cl)CC1. The second kappa shape index (κ2) is 10.7. The van der Waals surface area contributed by atoms with E-state index in [0.29, 0.717) is 46.9 Å². The van der Waals surface area contributed by atoms with E-state index in [1.165, 1.54) is 0 Å². The first-order valence-corrected chi connectivity index (χ1v) is 11.1. The van der Waals surface area contributed by atoms with Gasteiger partial charge in [-0.2, -0.15) is 0 Å². The number of piperazine rings is 1. The number of nitrogens with zero attached hydrogens (tertiary/aromatic N) is 2. The third kappa shape index (κ3) is 6.77. The summed E-state index contributed by atoms with van der Waals surface area (Å²) in [4.78, 5) is 28.5. The van der Waals surface area contributed by atoms with Gasteiger partial charge in [-0.1, -0.05) is 37.0 Å². The smallest absolute Gasteiger partial charge is 0.262 e. The van der Waals surface area contributed by atoms with Gasteiger partial charge >= 0.3 is 0 Å². The van der Waals surface area contributed by atoms with Gasteiger partial charge in [0.2, 0.25) is 5.91 Å². The third-order valence-electron chi connectivity index (χ3n) is 4.97. The topological polar surface area (TPSA) is 61.9 Å². The Bertz CT molecular complexity index is 911. The predicted molar refractivity (Wildman–Crippen MR) is 125 cm³/mol. The lowest BCUT2D eigenvalue weighted by atomic mass is 10.1. The number of hydrogen-bond acceptors (Lipinski definition) is 4. The first kappa shape index (κ1) is 23.2. The molecule has 0 aliphatic carbocycles. The van der Waals surface area contributed by atoms with Crippen LogP contribution in [-0.4, -0.2) is 49.5 Å². The standard InChI is InChI=1S/C23H27Cl2N3O3/c1-16(2)13-23(30)28-11-9-27(10-12-28)21-8-5-18(14-20(21)25)26-22(29)15-31-19-6-3-17(24)4-7-19/h3-8,14,16H,9-13,15H2,1-2H3,(H,26,29). The Balaban J connectivity index is 1.51. The van der Waals surface area contributed by atoms with Crippen LogP contribution in [0.15, 0.2) is 42.5 Å². The minimum Gasteiger partial charge on any atom is -0.484 e. The lowest BCUT2D eigenvalue weighted by Crippen LogP contribution is -2.49. The van der Waals surface area contributed by atoms with E-state index in [2.05, 4.69) is 24.1 Å². The molecule has 0 radical (unpaired) electrons. The van der Waals surface area contributed by atoms with Crippen molar-refractivity contribution in [1.82, 2.24) is 4.90 Å². The minimum atomic E-state index is -0.281. The van der Waals surface area contributed by atoms with Crippen molar-refractivity contribution in [1.29, 1.82) is 0 Å². The van der Waals surface area contributed by atoms with Crippen LogP contribution in [0.2, 0.25) is 10.0 Å². The summed E-state index contributed by atoms with van der Waals surface area (Å²) in [6.07, 6.45) is 0.580. The number of amides is 2. The van der Waals surface area contributed by atoms with Gasteiger partial charge in [-0.05, 0) is 48.4 Å². The van der Waals surface area contributed by atoms with Crippen LogP contribution in [0, 0.1) is 5.92 Å². The van der Waals surface area contributed by atoms with Gasteiger partial charge in [0.25, 0.3) is 5.91 Å². The van der Waals surface area contributed by atoms with E-state index in [9.17, 15) is 9.59 Å². The highest BCUT2D eigenvalue weighted by Crippen LogP contribution is 2.30. The van der Waals surface area contributed by atoms with Crippen LogP contribution in [0.25, 0.3) is 0 Å². The van der Waals surface area contributed by atoms with E-state index >= 15 is 0 Å². The van der Waals surface area contributed by atoms with Crippen LogP contribution in [-0.2, 0) is 9.59 Å². The summed E-state index contributed by atoms with van der Waals surface area (Å²) >= 11 is 12.3. The molecule has 0 unspecified atom stereocenters. The normalized spacial score (nSPS) is 14.0. The third-order valence-corrected chi connectivity index (χ3v) is 5.53. The van der Waals surface area contributed by atoms with Crippen LogP contribution >= 0.6 is 23.2 Å². The molecule has 31 heavy (non-hydrogen) atoms. The van der Waals surface area contributed by atoms with E-state index in [4.69, 9.17) is 27.9 Å². The van der Waals surface area contributed by atoms with Crippen molar-refractivity contribution in [3.8, 4) is 5.75 Å². The average Bonchev–Trinajstić information content (AvgIpc) is 2.73. The predicted octanol–water partition coefficient (Wildman–Crippen LogP) is 4.71. The molecule has 1 heterocycles. The van der Waals surface area contributed by atoms with E-state index in [1.54, 1.807) is 30.3 Å². The van der Waals surface area contributed by atoms with Crippen molar-refractivity contribution in [3.63, 3.8) is 0 Å². The van der Waals surface area contributed by atoms with Crippen molar-refractivity contribution in [2.45, 2.75) is 20.3 Å². The first-order chi connectivity index (χ1) is 14.8. The number of hydrogen-bond donors (Lipinski definition) is 1. The maximum Gasteiger partial charge on any atom is 0.262 e. The van der Waals surface area contributed by atoms with Crippen molar-refractivity contribution in [3.05, 3.63) is 52.5 Å². The van der Waals surface area contributed by atoms with Gasteiger partial charge in [-0.25, -0.2) is 0 Å². The van der Waals surface area contributed by atoms with E-state index < -0.39 is 0 Å². The maximum absolute atomic E-state index is 12.2. The van der Waals surface area contributed by atoms with Crippen LogP contribution in [0.4, 0.5) is 11.4 Å². The Kier molecular flexibility index (Phi) is 8.04. The number of carbonyl (C=O) groups is 2. The van der Waals surface area contributed by atoms with Gasteiger partial charge in [0.1, 0.15) is 5.75 Å². The van der Waals surface area contributed by atoms with Crippen molar-refractivity contribution in [2.75, 3.05) is 43.0 Å². The van der Waals surface area contributed by atoms with Gasteiger partial charge in [0.05, 0.1) is 10.7 Å². The molecule has 6 nitrogen and oxygen atoms in total. The summed E-state index contributed by atoms with van der Waals surface area (Å²) in [5.41, 5.74) is 1.50. The molecule has 0 spiro atoms. The number of benzene rings is 2. The fraction of sp³-hybridized carbons (Fsp3) is 0.391. The molecule has 2 aromatic rings. The molecule has 0 bridgehead atoms. The number of nitrogens with one attached hydrogen (secondary N) is 1. The molecule has 0 aromatic heterocycles. The number of carbonyl (C=O) groups excluding carboxylic acids is 2. The highest BCUT2D eigenvalue weighted by Gasteiger charge is 2.23. The summed E-state index contributed by atoms with van der Waals surface area (Å²) in [6.45, 7) is 6.81. The first-order valence-electron chi connectivity index (χ1n) is 10.3. The summed E-state index contributed by atoms with van der Waals surface area (Å²) in [5, 5.41) is 3.95. The highest BCUT2D eigenvalue weighted by molar-refractivity contribution is 6.33. The molecule has 1 aliphatic heterocycles. The number of halogens is 2. The Morgan fingerprint density at radius 1 is 1.03 bits per heavy atom. The quantitative estimate of drug-likeness (QED) is 0.645. The largest absolute Gasteiger partial charge is 0.484 e. The van der Waals surface area contributed by atoms with Crippen molar-refractivity contribution >= 4 is 46.4 Å². The maximum atomic E-state index is 12.2. The fourth-order valence-electron chi connectivity index (χ4n) is 3.39. The van der Waals surface area contributed by atoms with Gasteiger partial charge in [0, 0.05) is 43.3 Å². The molecule has 2 aromatic carbocycles. The highest BCUT2D eigenvalue weighted by atomic mass is 35.5. The van der Waals surface area contributed by atoms with Gasteiger partial charge < -0.3 is 19.9 Å². The van der Waals surface area contributed by atoms with Crippen LogP contribution in [0.5, 0.6) is 5.75 Å². The summed E-state index contributed by atoms with van der Waals surface area (Å²) in [6, 6.07) is 12.3. The molecule has 1 saturated heterocycles. The second-order valence-electron chi connectivity index (χ2n) is 7.92. The Morgan fingerprint density at radius 3 is 2.32 bits per heavy atom. The van der Waals surface area contributed by atoms with Gasteiger partial charge in [-0.15, -0.1) is 0 Å². The molecule has 1 fully saturated rings. The lowest BCUT2D eigenvalue weighted by molar-refractivity contribution is -0.132. The van der Waals surface area contributed by atoms with E-state index in [1.807, 2.05) is 17.0 Å². The molecule has 1 aliphatic rings. The van der Waals surface area contributed by atoms with Crippen molar-refractivity contribution in [2.24, 2.45) is 5.92 Å².